The zero-order chi connectivity index (χ0) is 15.9. The van der Waals surface area contributed by atoms with Gasteiger partial charge in [-0.1, -0.05) is 25.5 Å². The van der Waals surface area contributed by atoms with Gasteiger partial charge in [0.15, 0.2) is 11.6 Å². The van der Waals surface area contributed by atoms with E-state index in [0.717, 1.165) is 24.2 Å². The number of benzene rings is 1. The zero-order valence-corrected chi connectivity index (χ0v) is 13.1. The molecule has 0 fully saturated rings. The summed E-state index contributed by atoms with van der Waals surface area (Å²) in [4.78, 5) is 26.6. The Morgan fingerprint density at radius 2 is 2.00 bits per heavy atom. The van der Waals surface area contributed by atoms with E-state index in [9.17, 15) is 9.59 Å². The molecule has 6 heteroatoms. The summed E-state index contributed by atoms with van der Waals surface area (Å²) < 4.78 is 5.45. The fourth-order valence-corrected chi connectivity index (χ4v) is 2.67. The first-order chi connectivity index (χ1) is 10.6. The summed E-state index contributed by atoms with van der Waals surface area (Å²) in [5.74, 6) is -0.581. The van der Waals surface area contributed by atoms with Crippen molar-refractivity contribution in [2.75, 3.05) is 6.61 Å². The number of carbonyl (C=O) groups is 2. The van der Waals surface area contributed by atoms with Gasteiger partial charge in [0.2, 0.25) is 5.78 Å². The third kappa shape index (κ3) is 4.66. The van der Waals surface area contributed by atoms with Gasteiger partial charge in [0.25, 0.3) is 0 Å². The number of rotatable bonds is 8. The molecule has 2 rings (SSSR count). The van der Waals surface area contributed by atoms with Crippen LogP contribution in [0.3, 0.4) is 0 Å². The van der Waals surface area contributed by atoms with Gasteiger partial charge in [0.1, 0.15) is 5.75 Å². The summed E-state index contributed by atoms with van der Waals surface area (Å²) in [7, 11) is 0. The molecular weight excluding hydrogens is 302 g/mol. The standard InChI is InChI=1S/C16H17NO4S/c1-2-3-11-4-6-13(7-5-11)21-9-14(18)16-17-12(10-22-16)8-15(19)20/h4-7,10H,2-3,8-9H2,1H3,(H,19,20). The molecule has 0 aliphatic carbocycles. The van der Waals surface area contributed by atoms with Crippen LogP contribution in [0, 0.1) is 0 Å². The Balaban J connectivity index is 1.89. The molecule has 5 nitrogen and oxygen atoms in total. The molecule has 1 N–H and O–H groups in total. The summed E-state index contributed by atoms with van der Waals surface area (Å²) >= 11 is 1.14. The second kappa shape index (κ2) is 7.70. The summed E-state index contributed by atoms with van der Waals surface area (Å²) in [6.45, 7) is 2.02. The van der Waals surface area contributed by atoms with E-state index in [4.69, 9.17) is 9.84 Å². The topological polar surface area (TPSA) is 76.5 Å². The minimum absolute atomic E-state index is 0.104. The van der Waals surface area contributed by atoms with Crippen LogP contribution >= 0.6 is 11.3 Å². The summed E-state index contributed by atoms with van der Waals surface area (Å²) in [6.07, 6.45) is 1.93. The van der Waals surface area contributed by atoms with Crippen LogP contribution in [-0.4, -0.2) is 28.4 Å². The number of hydrogen-bond donors (Lipinski definition) is 1. The summed E-state index contributed by atoms with van der Waals surface area (Å²) in [5, 5.41) is 10.5. The van der Waals surface area contributed by atoms with Crippen molar-refractivity contribution >= 4 is 23.1 Å². The van der Waals surface area contributed by atoms with Gasteiger partial charge in [-0.2, -0.15) is 0 Å². The van der Waals surface area contributed by atoms with E-state index in [1.807, 2.05) is 24.3 Å². The number of hydrogen-bond acceptors (Lipinski definition) is 5. The molecule has 2 aromatic rings. The lowest BCUT2D eigenvalue weighted by molar-refractivity contribution is -0.136. The van der Waals surface area contributed by atoms with Gasteiger partial charge in [-0.05, 0) is 24.1 Å². The maximum absolute atomic E-state index is 12.0. The Morgan fingerprint density at radius 3 is 2.64 bits per heavy atom. The van der Waals surface area contributed by atoms with Crippen LogP contribution in [-0.2, 0) is 17.6 Å². The molecule has 1 aromatic heterocycles. The Hall–Kier alpha value is -2.21. The lowest BCUT2D eigenvalue weighted by atomic mass is 10.1. The van der Waals surface area contributed by atoms with Crippen molar-refractivity contribution < 1.29 is 19.4 Å². The number of aliphatic carboxylic acids is 1. The van der Waals surface area contributed by atoms with Crippen LogP contribution in [0.4, 0.5) is 0 Å². The van der Waals surface area contributed by atoms with Gasteiger partial charge < -0.3 is 9.84 Å². The van der Waals surface area contributed by atoms with E-state index in [2.05, 4.69) is 11.9 Å². The maximum Gasteiger partial charge on any atom is 0.309 e. The van der Waals surface area contributed by atoms with E-state index in [1.54, 1.807) is 5.38 Å². The molecule has 0 aliphatic heterocycles. The number of ketones is 1. The van der Waals surface area contributed by atoms with Crippen LogP contribution in [0.1, 0.15) is 34.4 Å². The van der Waals surface area contributed by atoms with Gasteiger partial charge in [0.05, 0.1) is 12.1 Å². The number of thiazole rings is 1. The fraction of sp³-hybridized carbons (Fsp3) is 0.312. The first-order valence-corrected chi connectivity index (χ1v) is 7.87. The minimum Gasteiger partial charge on any atom is -0.485 e. The van der Waals surface area contributed by atoms with Crippen molar-refractivity contribution in [3.8, 4) is 5.75 Å². The Kier molecular flexibility index (Phi) is 5.66. The first kappa shape index (κ1) is 16.2. The van der Waals surface area contributed by atoms with E-state index in [1.165, 1.54) is 5.56 Å². The smallest absolute Gasteiger partial charge is 0.309 e. The molecule has 1 aromatic carbocycles. The van der Waals surface area contributed by atoms with Gasteiger partial charge in [0, 0.05) is 5.38 Å². The van der Waals surface area contributed by atoms with Crippen molar-refractivity contribution in [3.63, 3.8) is 0 Å². The SMILES string of the molecule is CCCc1ccc(OCC(=O)c2nc(CC(=O)O)cs2)cc1. The molecule has 0 saturated carbocycles. The predicted molar refractivity (Wildman–Crippen MR) is 83.7 cm³/mol. The lowest BCUT2D eigenvalue weighted by Crippen LogP contribution is -2.11. The first-order valence-electron chi connectivity index (χ1n) is 6.99. The fourth-order valence-electron chi connectivity index (χ4n) is 1.92. The molecule has 22 heavy (non-hydrogen) atoms. The number of carboxylic acid groups (broad SMARTS) is 1. The Labute approximate surface area is 132 Å². The average molecular weight is 319 g/mol. The zero-order valence-electron chi connectivity index (χ0n) is 12.2. The van der Waals surface area contributed by atoms with Crippen molar-refractivity contribution in [2.45, 2.75) is 26.2 Å². The highest BCUT2D eigenvalue weighted by Gasteiger charge is 2.13. The third-order valence-corrected chi connectivity index (χ3v) is 3.89. The number of aryl methyl sites for hydroxylation is 1. The van der Waals surface area contributed by atoms with E-state index in [0.29, 0.717) is 11.4 Å². The normalized spacial score (nSPS) is 10.4. The molecular formula is C16H17NO4S. The average Bonchev–Trinajstić information content (AvgIpc) is 2.94. The van der Waals surface area contributed by atoms with Crippen LogP contribution in [0.5, 0.6) is 5.75 Å². The molecule has 0 amide bonds. The van der Waals surface area contributed by atoms with Gasteiger partial charge >= 0.3 is 5.97 Å². The number of nitrogens with zero attached hydrogens (tertiary/aromatic N) is 1. The highest BCUT2D eigenvalue weighted by atomic mass is 32.1. The third-order valence-electron chi connectivity index (χ3n) is 2.95. The monoisotopic (exact) mass is 319 g/mol. The number of Topliss-reactive ketones (excluding diaryl/α,β-unsaturated/α-hetero) is 1. The molecule has 0 spiro atoms. The lowest BCUT2D eigenvalue weighted by Gasteiger charge is -2.05. The number of ether oxygens (including phenoxy) is 1. The minimum atomic E-state index is -0.965. The van der Waals surface area contributed by atoms with Crippen molar-refractivity contribution in [1.82, 2.24) is 4.98 Å². The molecule has 0 bridgehead atoms. The molecule has 0 unspecified atom stereocenters. The van der Waals surface area contributed by atoms with Crippen molar-refractivity contribution in [2.24, 2.45) is 0 Å². The van der Waals surface area contributed by atoms with E-state index in [-0.39, 0.29) is 23.8 Å². The largest absolute Gasteiger partial charge is 0.485 e. The molecule has 1 heterocycles. The molecule has 0 aliphatic rings. The van der Waals surface area contributed by atoms with Gasteiger partial charge in [-0.25, -0.2) is 4.98 Å². The van der Waals surface area contributed by atoms with Gasteiger partial charge in [-0.15, -0.1) is 11.3 Å². The second-order valence-electron chi connectivity index (χ2n) is 4.82. The number of carbonyl (C=O) groups excluding carboxylic acids is 1. The quantitative estimate of drug-likeness (QED) is 0.757. The highest BCUT2D eigenvalue weighted by molar-refractivity contribution is 7.11. The molecule has 0 radical (unpaired) electrons. The molecule has 116 valence electrons. The van der Waals surface area contributed by atoms with Crippen LogP contribution in [0.15, 0.2) is 29.6 Å². The van der Waals surface area contributed by atoms with Gasteiger partial charge in [-0.3, -0.25) is 9.59 Å². The van der Waals surface area contributed by atoms with E-state index >= 15 is 0 Å². The summed E-state index contributed by atoms with van der Waals surface area (Å²) in [6, 6.07) is 7.65. The highest BCUT2D eigenvalue weighted by Crippen LogP contribution is 2.15. The Morgan fingerprint density at radius 1 is 1.27 bits per heavy atom. The molecule has 0 atom stereocenters. The Bertz CT molecular complexity index is 648. The van der Waals surface area contributed by atoms with Crippen LogP contribution in [0.2, 0.25) is 0 Å². The second-order valence-corrected chi connectivity index (χ2v) is 5.68. The van der Waals surface area contributed by atoms with E-state index < -0.39 is 5.97 Å². The van der Waals surface area contributed by atoms with Crippen molar-refractivity contribution in [3.05, 3.63) is 45.9 Å². The van der Waals surface area contributed by atoms with Crippen LogP contribution in [0.25, 0.3) is 0 Å². The predicted octanol–water partition coefficient (Wildman–Crippen LogP) is 2.98. The summed E-state index contributed by atoms with van der Waals surface area (Å²) in [5.41, 5.74) is 1.63. The van der Waals surface area contributed by atoms with Crippen molar-refractivity contribution in [1.29, 1.82) is 0 Å². The number of carboxylic acids is 1. The number of aromatic nitrogens is 1. The molecule has 0 saturated heterocycles. The van der Waals surface area contributed by atoms with Crippen LogP contribution < -0.4 is 4.74 Å². The maximum atomic E-state index is 12.0.